The van der Waals surface area contributed by atoms with Gasteiger partial charge in [-0.1, -0.05) is 64.5 Å². The van der Waals surface area contributed by atoms with E-state index in [0.717, 1.165) is 38.5 Å². The number of fused-ring (bicyclic) bond motifs is 5. The molecule has 0 saturated heterocycles. The van der Waals surface area contributed by atoms with Gasteiger partial charge in [-0.15, -0.1) is 0 Å². The summed E-state index contributed by atoms with van der Waals surface area (Å²) in [6, 6.07) is 0. The number of aliphatic hydroxyl groups is 1. The number of hydrogen-bond acceptors (Lipinski definition) is 2. The lowest BCUT2D eigenvalue weighted by Gasteiger charge is -2.62. The predicted octanol–water partition coefficient (Wildman–Crippen LogP) is 7.18. The van der Waals surface area contributed by atoms with E-state index in [-0.39, 0.29) is 22.3 Å². The molecule has 4 aliphatic rings. The minimum Gasteiger partial charge on any atom is -0.478 e. The Morgan fingerprint density at radius 3 is 2.61 bits per heavy atom. The Bertz CT molecular complexity index is 879. The fourth-order valence-electron chi connectivity index (χ4n) is 8.99. The van der Waals surface area contributed by atoms with Gasteiger partial charge in [-0.3, -0.25) is 0 Å². The van der Waals surface area contributed by atoms with Crippen molar-refractivity contribution in [3.05, 3.63) is 35.5 Å². The lowest BCUT2D eigenvalue weighted by atomic mass is 9.42. The molecule has 3 fully saturated rings. The van der Waals surface area contributed by atoms with Crippen LogP contribution in [0.25, 0.3) is 0 Å². The molecule has 0 aromatic heterocycles. The van der Waals surface area contributed by atoms with Gasteiger partial charge >= 0.3 is 5.97 Å². The van der Waals surface area contributed by atoms with E-state index in [2.05, 4.69) is 40.7 Å². The van der Waals surface area contributed by atoms with E-state index in [1.807, 2.05) is 6.08 Å². The van der Waals surface area contributed by atoms with Gasteiger partial charge in [0.15, 0.2) is 0 Å². The first-order valence-corrected chi connectivity index (χ1v) is 13.3. The third-order valence-corrected chi connectivity index (χ3v) is 11.1. The van der Waals surface area contributed by atoms with Gasteiger partial charge in [-0.05, 0) is 104 Å². The lowest BCUT2D eigenvalue weighted by molar-refractivity contribution is -0.132. The molecule has 0 spiro atoms. The van der Waals surface area contributed by atoms with Crippen molar-refractivity contribution in [3.63, 3.8) is 0 Å². The lowest BCUT2D eigenvalue weighted by Crippen LogP contribution is -2.56. The molecule has 4 aliphatic carbocycles. The van der Waals surface area contributed by atoms with Gasteiger partial charge in [-0.2, -0.15) is 0 Å². The van der Waals surface area contributed by atoms with E-state index in [0.29, 0.717) is 35.2 Å². The van der Waals surface area contributed by atoms with Gasteiger partial charge in [0.1, 0.15) is 0 Å². The number of aliphatic hydroxyl groups excluding tert-OH is 1. The summed E-state index contributed by atoms with van der Waals surface area (Å²) < 4.78 is 0. The third-order valence-electron chi connectivity index (χ3n) is 11.1. The van der Waals surface area contributed by atoms with E-state index >= 15 is 0 Å². The second kappa shape index (κ2) is 8.40. The van der Waals surface area contributed by atoms with Crippen LogP contribution in [0.15, 0.2) is 35.5 Å². The average molecular weight is 455 g/mol. The number of hydrogen-bond donors (Lipinski definition) is 2. The van der Waals surface area contributed by atoms with Crippen molar-refractivity contribution >= 4 is 5.97 Å². The van der Waals surface area contributed by atoms with Crippen molar-refractivity contribution in [1.82, 2.24) is 0 Å². The molecule has 8 atom stereocenters. The van der Waals surface area contributed by atoms with Gasteiger partial charge in [0.2, 0.25) is 0 Å². The van der Waals surface area contributed by atoms with Crippen LogP contribution in [0.2, 0.25) is 0 Å². The van der Waals surface area contributed by atoms with Crippen LogP contribution in [-0.2, 0) is 4.79 Å². The highest BCUT2D eigenvalue weighted by molar-refractivity contribution is 5.85. The summed E-state index contributed by atoms with van der Waals surface area (Å²) in [5.41, 5.74) is 4.04. The standard InChI is InChI=1S/C30H46O3/c1-18(9-8-10-19(2)27(32)33)21-13-15-30(7)22-11-12-24-28(4,5)25(31)14-16-29(24,6)23(22)17-20(3)26(21)30/h10-11,18,21,23-26,31H,3,8-9,12-17H2,1-2,4-7H3,(H,32,33)/b19-10-/t18-,21-,23-,24+,25+,26+,29-,30+/m1/s1. The minimum absolute atomic E-state index is 0.0392. The molecular weight excluding hydrogens is 408 g/mol. The van der Waals surface area contributed by atoms with Gasteiger partial charge in [0.05, 0.1) is 6.10 Å². The van der Waals surface area contributed by atoms with Crippen LogP contribution in [0, 0.1) is 45.8 Å². The highest BCUT2D eigenvalue weighted by atomic mass is 16.4. The molecule has 0 aromatic rings. The zero-order valence-corrected chi connectivity index (χ0v) is 21.8. The number of allylic oxidation sites excluding steroid dienone is 4. The molecule has 0 radical (unpaired) electrons. The Labute approximate surface area is 201 Å². The molecule has 33 heavy (non-hydrogen) atoms. The summed E-state index contributed by atoms with van der Waals surface area (Å²) in [5, 5.41) is 19.9. The van der Waals surface area contributed by atoms with Crippen molar-refractivity contribution in [2.45, 2.75) is 99.0 Å². The van der Waals surface area contributed by atoms with Gasteiger partial charge in [-0.25, -0.2) is 4.79 Å². The van der Waals surface area contributed by atoms with Crippen LogP contribution in [-0.4, -0.2) is 22.3 Å². The maximum atomic E-state index is 11.1. The third kappa shape index (κ3) is 3.77. The second-order valence-electron chi connectivity index (χ2n) is 13.1. The largest absolute Gasteiger partial charge is 0.478 e. The molecule has 0 bridgehead atoms. The monoisotopic (exact) mass is 454 g/mol. The Morgan fingerprint density at radius 2 is 1.94 bits per heavy atom. The summed E-state index contributed by atoms with van der Waals surface area (Å²) >= 11 is 0. The van der Waals surface area contributed by atoms with Gasteiger partial charge in [0.25, 0.3) is 0 Å². The van der Waals surface area contributed by atoms with Crippen LogP contribution in [0.5, 0.6) is 0 Å². The van der Waals surface area contributed by atoms with Crippen molar-refractivity contribution in [2.24, 2.45) is 45.8 Å². The smallest absolute Gasteiger partial charge is 0.330 e. The van der Waals surface area contributed by atoms with E-state index in [1.54, 1.807) is 12.5 Å². The first-order chi connectivity index (χ1) is 15.3. The molecular formula is C30H46O3. The summed E-state index contributed by atoms with van der Waals surface area (Å²) in [6.45, 7) is 18.4. The summed E-state index contributed by atoms with van der Waals surface area (Å²) in [5.74, 6) is 2.03. The Balaban J connectivity index is 1.58. The van der Waals surface area contributed by atoms with Crippen LogP contribution >= 0.6 is 0 Å². The fourth-order valence-corrected chi connectivity index (χ4v) is 8.99. The molecule has 0 amide bonds. The molecule has 0 aliphatic heterocycles. The number of carbonyl (C=O) groups is 1. The Kier molecular flexibility index (Phi) is 6.30. The quantitative estimate of drug-likeness (QED) is 0.342. The van der Waals surface area contributed by atoms with E-state index in [9.17, 15) is 9.90 Å². The second-order valence-corrected chi connectivity index (χ2v) is 13.1. The molecule has 0 aromatic carbocycles. The topological polar surface area (TPSA) is 57.5 Å². The number of carboxylic acids is 1. The highest BCUT2D eigenvalue weighted by Gasteiger charge is 2.62. The normalized spacial score (nSPS) is 43.2. The van der Waals surface area contributed by atoms with Crippen LogP contribution in [0.1, 0.15) is 92.9 Å². The minimum atomic E-state index is -0.808. The van der Waals surface area contributed by atoms with Crippen molar-refractivity contribution in [2.75, 3.05) is 0 Å². The molecule has 3 heteroatoms. The molecule has 3 nitrogen and oxygen atoms in total. The average Bonchev–Trinajstić information content (AvgIpc) is 3.11. The SMILES string of the molecule is C=C1C[C@@H]2C(=CC[C@H]3C(C)(C)[C@@H](O)CC[C@]23C)[C@]2(C)CC[C@H]([C@H](C)CC/C=C(/C)C(=O)O)[C@H]12. The van der Waals surface area contributed by atoms with E-state index in [4.69, 9.17) is 11.7 Å². The maximum Gasteiger partial charge on any atom is 0.330 e. The molecule has 3 saturated carbocycles. The van der Waals surface area contributed by atoms with E-state index in [1.165, 1.54) is 18.4 Å². The van der Waals surface area contributed by atoms with Crippen LogP contribution in [0.4, 0.5) is 0 Å². The van der Waals surface area contributed by atoms with Crippen molar-refractivity contribution in [1.29, 1.82) is 0 Å². The highest BCUT2D eigenvalue weighted by Crippen LogP contribution is 2.70. The molecule has 0 unspecified atom stereocenters. The van der Waals surface area contributed by atoms with Crippen molar-refractivity contribution < 1.29 is 15.0 Å². The Morgan fingerprint density at radius 1 is 1.24 bits per heavy atom. The van der Waals surface area contributed by atoms with Gasteiger partial charge < -0.3 is 10.2 Å². The zero-order chi connectivity index (χ0) is 24.3. The maximum absolute atomic E-state index is 11.1. The summed E-state index contributed by atoms with van der Waals surface area (Å²) in [6.07, 6.45) is 12.9. The predicted molar refractivity (Wildman–Crippen MR) is 135 cm³/mol. The Hall–Kier alpha value is -1.35. The van der Waals surface area contributed by atoms with Gasteiger partial charge in [0, 0.05) is 5.57 Å². The van der Waals surface area contributed by atoms with Crippen LogP contribution in [0.3, 0.4) is 0 Å². The molecule has 4 rings (SSSR count). The number of rotatable bonds is 5. The van der Waals surface area contributed by atoms with Crippen molar-refractivity contribution in [3.8, 4) is 0 Å². The first-order valence-electron chi connectivity index (χ1n) is 13.3. The zero-order valence-electron chi connectivity index (χ0n) is 21.8. The molecule has 0 heterocycles. The first kappa shape index (κ1) is 24.8. The van der Waals surface area contributed by atoms with Crippen LogP contribution < -0.4 is 0 Å². The summed E-state index contributed by atoms with van der Waals surface area (Å²) in [4.78, 5) is 11.1. The summed E-state index contributed by atoms with van der Waals surface area (Å²) in [7, 11) is 0. The number of carboxylic acid groups (broad SMARTS) is 1. The number of aliphatic carboxylic acids is 1. The molecule has 184 valence electrons. The van der Waals surface area contributed by atoms with E-state index < -0.39 is 5.97 Å². The molecule has 2 N–H and O–H groups in total. The fraction of sp³-hybridized carbons (Fsp3) is 0.767.